The maximum absolute atomic E-state index is 6.32. The van der Waals surface area contributed by atoms with E-state index in [1.165, 1.54) is 5.56 Å². The van der Waals surface area contributed by atoms with Gasteiger partial charge >= 0.3 is 0 Å². The fourth-order valence-electron chi connectivity index (χ4n) is 2.61. The molecule has 90 valence electrons. The number of hydrogen-bond acceptors (Lipinski definition) is 3. The third kappa shape index (κ3) is 1.91. The van der Waals surface area contributed by atoms with E-state index in [4.69, 9.17) is 15.2 Å². The van der Waals surface area contributed by atoms with Gasteiger partial charge in [-0.3, -0.25) is 0 Å². The molecular weight excluding hydrogens is 214 g/mol. The zero-order valence-electron chi connectivity index (χ0n) is 9.76. The normalized spacial score (nSPS) is 24.3. The van der Waals surface area contributed by atoms with Crippen molar-refractivity contribution in [2.45, 2.75) is 24.8 Å². The molecule has 2 N–H and O–H groups in total. The topological polar surface area (TPSA) is 44.5 Å². The first-order valence-corrected chi connectivity index (χ1v) is 6.16. The number of para-hydroxylation sites is 1. The van der Waals surface area contributed by atoms with Gasteiger partial charge in [-0.25, -0.2) is 0 Å². The first-order valence-electron chi connectivity index (χ1n) is 6.16. The number of rotatable bonds is 2. The summed E-state index contributed by atoms with van der Waals surface area (Å²) in [6.07, 6.45) is 4.05. The molecule has 2 atom stereocenters. The number of ether oxygens (including phenoxy) is 2. The minimum Gasteiger partial charge on any atom is -0.496 e. The van der Waals surface area contributed by atoms with E-state index in [1.54, 1.807) is 0 Å². The lowest BCUT2D eigenvalue weighted by Gasteiger charge is -2.30. The molecule has 0 fully saturated rings. The summed E-state index contributed by atoms with van der Waals surface area (Å²) in [5.74, 6) is 2.23. The molecule has 0 saturated carbocycles. The second-order valence-corrected chi connectivity index (χ2v) is 4.55. The van der Waals surface area contributed by atoms with Crippen LogP contribution in [0.2, 0.25) is 0 Å². The minimum atomic E-state index is -0.0393. The van der Waals surface area contributed by atoms with Crippen LogP contribution in [-0.2, 0) is 4.74 Å². The number of nitrogens with two attached hydrogens (primary N) is 1. The third-order valence-electron chi connectivity index (χ3n) is 3.50. The lowest BCUT2D eigenvalue weighted by molar-refractivity contribution is 0.200. The van der Waals surface area contributed by atoms with Crippen molar-refractivity contribution in [2.75, 3.05) is 13.2 Å². The van der Waals surface area contributed by atoms with Gasteiger partial charge in [0.25, 0.3) is 0 Å². The van der Waals surface area contributed by atoms with E-state index in [0.717, 1.165) is 37.6 Å². The van der Waals surface area contributed by atoms with Crippen LogP contribution in [0.5, 0.6) is 5.75 Å². The van der Waals surface area contributed by atoms with Crippen molar-refractivity contribution in [2.24, 2.45) is 5.73 Å². The first-order chi connectivity index (χ1) is 8.36. The smallest absolute Gasteiger partial charge is 0.122 e. The summed E-state index contributed by atoms with van der Waals surface area (Å²) in [5.41, 5.74) is 7.53. The summed E-state index contributed by atoms with van der Waals surface area (Å²) in [6, 6.07) is 8.12. The lowest BCUT2D eigenvalue weighted by Crippen LogP contribution is -2.34. The van der Waals surface area contributed by atoms with E-state index >= 15 is 0 Å². The highest BCUT2D eigenvalue weighted by atomic mass is 16.5. The minimum absolute atomic E-state index is 0.0393. The Balaban J connectivity index is 1.89. The van der Waals surface area contributed by atoms with Crippen LogP contribution in [0, 0.1) is 0 Å². The summed E-state index contributed by atoms with van der Waals surface area (Å²) >= 11 is 0. The van der Waals surface area contributed by atoms with E-state index in [2.05, 4.69) is 12.1 Å². The standard InChI is InChI=1S/C14H17NO2/c15-14(13-6-3-8-16-13)11-7-9-17-12-5-2-1-4-10(11)12/h1-2,4-6,11,14H,3,7-9,15H2. The van der Waals surface area contributed by atoms with Gasteiger partial charge in [0.2, 0.25) is 0 Å². The molecule has 17 heavy (non-hydrogen) atoms. The van der Waals surface area contributed by atoms with Crippen molar-refractivity contribution in [1.29, 1.82) is 0 Å². The number of fused-ring (bicyclic) bond motifs is 1. The maximum Gasteiger partial charge on any atom is 0.122 e. The van der Waals surface area contributed by atoms with E-state index in [1.807, 2.05) is 18.2 Å². The third-order valence-corrected chi connectivity index (χ3v) is 3.50. The van der Waals surface area contributed by atoms with Gasteiger partial charge in [-0.05, 0) is 24.1 Å². The molecule has 2 aliphatic heterocycles. The van der Waals surface area contributed by atoms with Crippen molar-refractivity contribution >= 4 is 0 Å². The highest BCUT2D eigenvalue weighted by Gasteiger charge is 2.30. The molecule has 3 heteroatoms. The molecule has 1 aromatic carbocycles. The Bertz CT molecular complexity index is 442. The van der Waals surface area contributed by atoms with Crippen molar-refractivity contribution in [1.82, 2.24) is 0 Å². The summed E-state index contributed by atoms with van der Waals surface area (Å²) in [6.45, 7) is 1.51. The van der Waals surface area contributed by atoms with Gasteiger partial charge in [0.1, 0.15) is 11.5 Å². The molecule has 3 rings (SSSR count). The van der Waals surface area contributed by atoms with Crippen LogP contribution in [-0.4, -0.2) is 19.3 Å². The Kier molecular flexibility index (Phi) is 2.77. The summed E-state index contributed by atoms with van der Waals surface area (Å²) in [7, 11) is 0. The predicted octanol–water partition coefficient (Wildman–Crippen LogP) is 2.18. The number of benzene rings is 1. The van der Waals surface area contributed by atoms with Gasteiger partial charge in [0.15, 0.2) is 0 Å². The Morgan fingerprint density at radius 2 is 2.06 bits per heavy atom. The second kappa shape index (κ2) is 4.41. The van der Waals surface area contributed by atoms with Gasteiger partial charge < -0.3 is 15.2 Å². The fraction of sp³-hybridized carbons (Fsp3) is 0.429. The van der Waals surface area contributed by atoms with Crippen LogP contribution in [0.1, 0.15) is 24.3 Å². The largest absolute Gasteiger partial charge is 0.496 e. The zero-order valence-corrected chi connectivity index (χ0v) is 9.76. The van der Waals surface area contributed by atoms with Crippen LogP contribution < -0.4 is 10.5 Å². The van der Waals surface area contributed by atoms with Gasteiger partial charge in [-0.1, -0.05) is 18.2 Å². The molecule has 2 unspecified atom stereocenters. The van der Waals surface area contributed by atoms with Gasteiger partial charge in [0, 0.05) is 12.3 Å². The Morgan fingerprint density at radius 3 is 2.88 bits per heavy atom. The Hall–Kier alpha value is -1.48. The summed E-state index contributed by atoms with van der Waals surface area (Å²) < 4.78 is 11.2. The molecule has 0 saturated heterocycles. The van der Waals surface area contributed by atoms with Gasteiger partial charge in [0.05, 0.1) is 19.3 Å². The highest BCUT2D eigenvalue weighted by Crippen LogP contribution is 2.37. The zero-order chi connectivity index (χ0) is 11.7. The van der Waals surface area contributed by atoms with Crippen LogP contribution in [0.3, 0.4) is 0 Å². The molecule has 0 amide bonds. The fourth-order valence-corrected chi connectivity index (χ4v) is 2.61. The SMILES string of the molecule is NC(C1=CCCO1)C1CCOc2ccccc21. The van der Waals surface area contributed by atoms with Crippen molar-refractivity contribution in [3.63, 3.8) is 0 Å². The van der Waals surface area contributed by atoms with E-state index < -0.39 is 0 Å². The van der Waals surface area contributed by atoms with E-state index in [0.29, 0.717) is 5.92 Å². The Morgan fingerprint density at radius 1 is 1.18 bits per heavy atom. The molecular formula is C14H17NO2. The maximum atomic E-state index is 6.32. The average molecular weight is 231 g/mol. The Labute approximate surface area is 101 Å². The molecule has 0 aromatic heterocycles. The quantitative estimate of drug-likeness (QED) is 0.848. The molecule has 0 bridgehead atoms. The molecule has 2 heterocycles. The van der Waals surface area contributed by atoms with Crippen molar-refractivity contribution < 1.29 is 9.47 Å². The van der Waals surface area contributed by atoms with Crippen LogP contribution >= 0.6 is 0 Å². The monoisotopic (exact) mass is 231 g/mol. The highest BCUT2D eigenvalue weighted by molar-refractivity contribution is 5.40. The molecule has 2 aliphatic rings. The summed E-state index contributed by atoms with van der Waals surface area (Å²) in [4.78, 5) is 0. The molecule has 0 spiro atoms. The molecule has 0 radical (unpaired) electrons. The van der Waals surface area contributed by atoms with Crippen molar-refractivity contribution in [3.05, 3.63) is 41.7 Å². The van der Waals surface area contributed by atoms with Crippen molar-refractivity contribution in [3.8, 4) is 5.75 Å². The lowest BCUT2D eigenvalue weighted by atomic mass is 9.86. The van der Waals surface area contributed by atoms with Crippen LogP contribution in [0.25, 0.3) is 0 Å². The second-order valence-electron chi connectivity index (χ2n) is 4.55. The number of hydrogen-bond donors (Lipinski definition) is 1. The van der Waals surface area contributed by atoms with Crippen LogP contribution in [0.4, 0.5) is 0 Å². The van der Waals surface area contributed by atoms with Gasteiger partial charge in [-0.2, -0.15) is 0 Å². The van der Waals surface area contributed by atoms with Crippen LogP contribution in [0.15, 0.2) is 36.1 Å². The molecule has 1 aromatic rings. The van der Waals surface area contributed by atoms with E-state index in [-0.39, 0.29) is 6.04 Å². The molecule has 3 nitrogen and oxygen atoms in total. The van der Waals surface area contributed by atoms with E-state index in [9.17, 15) is 0 Å². The average Bonchev–Trinajstić information content (AvgIpc) is 2.91. The first kappa shape index (κ1) is 10.7. The van der Waals surface area contributed by atoms with Gasteiger partial charge in [-0.15, -0.1) is 0 Å². The predicted molar refractivity (Wildman–Crippen MR) is 65.9 cm³/mol. The molecule has 0 aliphatic carbocycles. The summed E-state index contributed by atoms with van der Waals surface area (Å²) in [5, 5.41) is 0.